The van der Waals surface area contributed by atoms with Gasteiger partial charge in [0.2, 0.25) is 0 Å². The van der Waals surface area contributed by atoms with Crippen LogP contribution in [0.1, 0.15) is 20.8 Å². The standard InChI is InChI=1S/C18H22NO2P/c1-18(2,3)22(20)13-19(14-9-6-5-7-10-14)15-11-8-12-16(21-4)17(15)22/h5-12H,13H2,1-4H3. The second kappa shape index (κ2) is 5.17. The van der Waals surface area contributed by atoms with Crippen LogP contribution in [-0.2, 0) is 4.57 Å². The summed E-state index contributed by atoms with van der Waals surface area (Å²) >= 11 is 0. The van der Waals surface area contributed by atoms with E-state index >= 15 is 0 Å². The van der Waals surface area contributed by atoms with Gasteiger partial charge < -0.3 is 14.2 Å². The minimum Gasteiger partial charge on any atom is -0.496 e. The van der Waals surface area contributed by atoms with E-state index in [0.29, 0.717) is 6.29 Å². The van der Waals surface area contributed by atoms with Crippen LogP contribution in [0.5, 0.6) is 5.75 Å². The van der Waals surface area contributed by atoms with E-state index in [0.717, 1.165) is 22.4 Å². The molecule has 0 saturated carbocycles. The molecule has 0 saturated heterocycles. The van der Waals surface area contributed by atoms with Crippen LogP contribution in [0.3, 0.4) is 0 Å². The van der Waals surface area contributed by atoms with Crippen molar-refractivity contribution >= 4 is 23.8 Å². The molecule has 3 nitrogen and oxygen atoms in total. The van der Waals surface area contributed by atoms with Gasteiger partial charge in [0.25, 0.3) is 0 Å². The molecule has 0 N–H and O–H groups in total. The van der Waals surface area contributed by atoms with E-state index in [9.17, 15) is 4.57 Å². The Morgan fingerprint density at radius 3 is 2.32 bits per heavy atom. The third-order valence-electron chi connectivity index (χ3n) is 4.34. The summed E-state index contributed by atoms with van der Waals surface area (Å²) in [6, 6.07) is 16.0. The van der Waals surface area contributed by atoms with Crippen LogP contribution in [-0.4, -0.2) is 18.6 Å². The first kappa shape index (κ1) is 15.2. The number of methoxy groups -OCH3 is 1. The quantitative estimate of drug-likeness (QED) is 0.759. The molecule has 0 bridgehead atoms. The van der Waals surface area contributed by atoms with Gasteiger partial charge in [0.15, 0.2) is 0 Å². The van der Waals surface area contributed by atoms with Crippen LogP contribution in [0.25, 0.3) is 0 Å². The van der Waals surface area contributed by atoms with Gasteiger partial charge in [0.1, 0.15) is 12.9 Å². The van der Waals surface area contributed by atoms with Crippen molar-refractivity contribution in [3.63, 3.8) is 0 Å². The van der Waals surface area contributed by atoms with Gasteiger partial charge in [-0.3, -0.25) is 0 Å². The fraction of sp³-hybridized carbons (Fsp3) is 0.333. The third-order valence-corrected chi connectivity index (χ3v) is 8.36. The molecule has 2 aromatic carbocycles. The number of rotatable bonds is 2. The highest BCUT2D eigenvalue weighted by Gasteiger charge is 2.48. The van der Waals surface area contributed by atoms with Gasteiger partial charge >= 0.3 is 0 Å². The lowest BCUT2D eigenvalue weighted by molar-refractivity contribution is 0.418. The van der Waals surface area contributed by atoms with Crippen molar-refractivity contribution in [2.75, 3.05) is 18.3 Å². The van der Waals surface area contributed by atoms with Gasteiger partial charge in [-0.05, 0) is 24.3 Å². The summed E-state index contributed by atoms with van der Waals surface area (Å²) in [5.41, 5.74) is 2.07. The highest BCUT2D eigenvalue weighted by molar-refractivity contribution is 7.74. The zero-order valence-corrected chi connectivity index (χ0v) is 14.4. The monoisotopic (exact) mass is 315 g/mol. The van der Waals surface area contributed by atoms with Crippen molar-refractivity contribution in [3.05, 3.63) is 48.5 Å². The summed E-state index contributed by atoms with van der Waals surface area (Å²) in [5, 5.41) is 0.578. The van der Waals surface area contributed by atoms with Crippen LogP contribution < -0.4 is 14.9 Å². The number of fused-ring (bicyclic) bond motifs is 1. The molecule has 116 valence electrons. The Morgan fingerprint density at radius 1 is 1.05 bits per heavy atom. The van der Waals surface area contributed by atoms with Crippen molar-refractivity contribution < 1.29 is 9.30 Å². The highest BCUT2D eigenvalue weighted by atomic mass is 31.2. The largest absolute Gasteiger partial charge is 0.496 e. The summed E-state index contributed by atoms with van der Waals surface area (Å²) in [6.45, 7) is 6.16. The maximum atomic E-state index is 13.9. The Hall–Kier alpha value is -1.73. The van der Waals surface area contributed by atoms with Crippen LogP contribution in [0.2, 0.25) is 0 Å². The average Bonchev–Trinajstić information content (AvgIpc) is 2.83. The van der Waals surface area contributed by atoms with Gasteiger partial charge in [-0.2, -0.15) is 0 Å². The lowest BCUT2D eigenvalue weighted by atomic mass is 10.2. The molecule has 1 unspecified atom stereocenters. The van der Waals surface area contributed by atoms with Gasteiger partial charge in [0.05, 0.1) is 24.4 Å². The molecule has 0 aromatic heterocycles. The fourth-order valence-corrected chi connectivity index (χ4v) is 6.02. The molecule has 1 aliphatic rings. The molecular formula is C18H22NO2P. The molecule has 1 heterocycles. The molecule has 0 fully saturated rings. The Labute approximate surface area is 132 Å². The molecule has 2 aromatic rings. The minimum absolute atomic E-state index is 0.306. The maximum absolute atomic E-state index is 13.9. The molecule has 0 radical (unpaired) electrons. The Kier molecular flexibility index (Phi) is 3.57. The second-order valence-corrected chi connectivity index (χ2v) is 10.2. The lowest BCUT2D eigenvalue weighted by Crippen LogP contribution is -2.23. The zero-order chi connectivity index (χ0) is 16.0. The fourth-order valence-electron chi connectivity index (χ4n) is 2.98. The molecule has 22 heavy (non-hydrogen) atoms. The van der Waals surface area contributed by atoms with E-state index < -0.39 is 7.14 Å². The predicted octanol–water partition coefficient (Wildman–Crippen LogP) is 4.59. The summed E-state index contributed by atoms with van der Waals surface area (Å²) in [5.74, 6) is 0.731. The Morgan fingerprint density at radius 2 is 1.73 bits per heavy atom. The molecule has 3 rings (SSSR count). The second-order valence-electron chi connectivity index (χ2n) is 6.64. The van der Waals surface area contributed by atoms with E-state index in [4.69, 9.17) is 4.74 Å². The van der Waals surface area contributed by atoms with Crippen molar-refractivity contribution in [3.8, 4) is 5.75 Å². The maximum Gasteiger partial charge on any atom is 0.145 e. The smallest absolute Gasteiger partial charge is 0.145 e. The number of nitrogens with zero attached hydrogens (tertiary/aromatic N) is 1. The third kappa shape index (κ3) is 2.16. The number of benzene rings is 2. The lowest BCUT2D eigenvalue weighted by Gasteiger charge is -2.29. The van der Waals surface area contributed by atoms with E-state index in [-0.39, 0.29) is 5.16 Å². The number of hydrogen-bond donors (Lipinski definition) is 0. The molecular weight excluding hydrogens is 293 g/mol. The molecule has 0 amide bonds. The van der Waals surface area contributed by atoms with E-state index in [1.807, 2.05) is 36.4 Å². The molecule has 4 heteroatoms. The summed E-state index contributed by atoms with van der Waals surface area (Å²) in [6.07, 6.45) is 0.524. The van der Waals surface area contributed by atoms with Crippen molar-refractivity contribution in [1.82, 2.24) is 0 Å². The summed E-state index contributed by atoms with van der Waals surface area (Å²) in [4.78, 5) is 2.16. The van der Waals surface area contributed by atoms with Crippen LogP contribution >= 0.6 is 7.14 Å². The summed E-state index contributed by atoms with van der Waals surface area (Å²) in [7, 11) is -0.972. The first-order chi connectivity index (χ1) is 10.4. The number of hydrogen-bond acceptors (Lipinski definition) is 3. The number of para-hydroxylation sites is 1. The highest BCUT2D eigenvalue weighted by Crippen LogP contribution is 2.65. The van der Waals surface area contributed by atoms with E-state index in [1.165, 1.54) is 0 Å². The Bertz CT molecular complexity index is 734. The minimum atomic E-state index is -2.62. The van der Waals surface area contributed by atoms with Crippen molar-refractivity contribution in [1.29, 1.82) is 0 Å². The normalized spacial score (nSPS) is 20.8. The van der Waals surface area contributed by atoms with Gasteiger partial charge in [0, 0.05) is 10.8 Å². The zero-order valence-electron chi connectivity index (χ0n) is 13.5. The molecule has 1 aliphatic heterocycles. The van der Waals surface area contributed by atoms with E-state index in [1.54, 1.807) is 7.11 Å². The van der Waals surface area contributed by atoms with Gasteiger partial charge in [-0.25, -0.2) is 0 Å². The first-order valence-corrected chi connectivity index (χ1v) is 9.37. The van der Waals surface area contributed by atoms with E-state index in [2.05, 4.69) is 37.8 Å². The van der Waals surface area contributed by atoms with Gasteiger partial charge in [-0.1, -0.05) is 45.0 Å². The number of anilines is 2. The van der Waals surface area contributed by atoms with Crippen LogP contribution in [0, 0.1) is 0 Å². The average molecular weight is 315 g/mol. The SMILES string of the molecule is COc1cccc2c1P(=O)(C(C)(C)C)CN2c1ccccc1. The topological polar surface area (TPSA) is 29.5 Å². The predicted molar refractivity (Wildman–Crippen MR) is 93.4 cm³/mol. The Balaban J connectivity index is 2.25. The van der Waals surface area contributed by atoms with Crippen LogP contribution in [0.4, 0.5) is 11.4 Å². The summed E-state index contributed by atoms with van der Waals surface area (Å²) < 4.78 is 19.4. The van der Waals surface area contributed by atoms with Crippen molar-refractivity contribution in [2.45, 2.75) is 25.9 Å². The molecule has 1 atom stereocenters. The van der Waals surface area contributed by atoms with Crippen LogP contribution in [0.15, 0.2) is 48.5 Å². The molecule has 0 aliphatic carbocycles. The first-order valence-electron chi connectivity index (χ1n) is 7.48. The molecule has 0 spiro atoms. The van der Waals surface area contributed by atoms with Gasteiger partial charge in [-0.15, -0.1) is 0 Å². The van der Waals surface area contributed by atoms with Crippen molar-refractivity contribution in [2.24, 2.45) is 0 Å². The number of ether oxygens (including phenoxy) is 1.